The smallest absolute Gasteiger partial charge is 0.224 e. The van der Waals surface area contributed by atoms with Gasteiger partial charge < -0.3 is 20.3 Å². The van der Waals surface area contributed by atoms with Gasteiger partial charge in [-0.1, -0.05) is 20.8 Å². The zero-order valence-corrected chi connectivity index (χ0v) is 17.7. The second-order valence-corrected chi connectivity index (χ2v) is 8.36. The highest BCUT2D eigenvalue weighted by Gasteiger charge is 2.22. The first-order valence-electron chi connectivity index (χ1n) is 10.5. The summed E-state index contributed by atoms with van der Waals surface area (Å²) < 4.78 is 5.87. The molecule has 0 spiro atoms. The average molecular weight is 382 g/mol. The number of carbonyl (C=O) groups is 1. The number of hydrogen-bond acceptors (Lipinski definition) is 4. The predicted octanol–water partition coefficient (Wildman–Crippen LogP) is 1.16. The molecule has 0 radical (unpaired) electrons. The number of aliphatic imine (C=N–C) groups is 1. The maximum absolute atomic E-state index is 12.3. The number of carbonyl (C=O) groups excluding carboxylic acids is 1. The summed E-state index contributed by atoms with van der Waals surface area (Å²) in [6.07, 6.45) is 3.04. The Morgan fingerprint density at radius 3 is 2.78 bits per heavy atom. The minimum atomic E-state index is 0.174. The van der Waals surface area contributed by atoms with Crippen LogP contribution in [0.1, 0.15) is 40.0 Å². The van der Waals surface area contributed by atoms with E-state index in [2.05, 4.69) is 41.3 Å². The van der Waals surface area contributed by atoms with Crippen LogP contribution in [0.25, 0.3) is 0 Å². The number of ether oxygens (including phenoxy) is 1. The third-order valence-corrected chi connectivity index (χ3v) is 5.21. The fourth-order valence-corrected chi connectivity index (χ4v) is 3.88. The average Bonchev–Trinajstić information content (AvgIpc) is 2.64. The molecule has 2 saturated heterocycles. The molecule has 0 aliphatic carbocycles. The standard InChI is InChI=1S/C20H39N5O2/c1-16(2)13-24-10-11-27-18(15-24)12-23-20(21-4)22-8-7-19(26)25-9-5-6-17(3)14-25/h16-18H,5-15H2,1-4H3,(H2,21,22,23). The van der Waals surface area contributed by atoms with Gasteiger partial charge in [0.1, 0.15) is 0 Å². The molecule has 2 rings (SSSR count). The van der Waals surface area contributed by atoms with E-state index in [1.54, 1.807) is 7.05 Å². The first-order valence-corrected chi connectivity index (χ1v) is 10.5. The Labute approximate surface area is 164 Å². The topological polar surface area (TPSA) is 69.2 Å². The van der Waals surface area contributed by atoms with Crippen LogP contribution in [-0.2, 0) is 9.53 Å². The molecule has 2 unspecified atom stereocenters. The summed E-state index contributed by atoms with van der Waals surface area (Å²) in [6, 6.07) is 0. The Kier molecular flexibility index (Phi) is 9.34. The van der Waals surface area contributed by atoms with Crippen molar-refractivity contribution in [2.24, 2.45) is 16.8 Å². The zero-order chi connectivity index (χ0) is 19.6. The molecule has 2 N–H and O–H groups in total. The summed E-state index contributed by atoms with van der Waals surface area (Å²) in [5.74, 6) is 2.27. The summed E-state index contributed by atoms with van der Waals surface area (Å²) in [6.45, 7) is 13.7. The van der Waals surface area contributed by atoms with Gasteiger partial charge >= 0.3 is 0 Å². The van der Waals surface area contributed by atoms with Crippen LogP contribution in [0.2, 0.25) is 0 Å². The number of nitrogens with zero attached hydrogens (tertiary/aromatic N) is 3. The van der Waals surface area contributed by atoms with E-state index in [-0.39, 0.29) is 12.0 Å². The van der Waals surface area contributed by atoms with Crippen LogP contribution < -0.4 is 10.6 Å². The molecule has 2 heterocycles. The molecule has 27 heavy (non-hydrogen) atoms. The highest BCUT2D eigenvalue weighted by molar-refractivity contribution is 5.81. The molecule has 7 nitrogen and oxygen atoms in total. The minimum absolute atomic E-state index is 0.174. The van der Waals surface area contributed by atoms with E-state index in [1.807, 2.05) is 4.90 Å². The van der Waals surface area contributed by atoms with E-state index in [1.165, 1.54) is 6.42 Å². The van der Waals surface area contributed by atoms with E-state index in [0.29, 0.717) is 24.8 Å². The van der Waals surface area contributed by atoms with Gasteiger partial charge in [0.15, 0.2) is 5.96 Å². The zero-order valence-electron chi connectivity index (χ0n) is 17.7. The summed E-state index contributed by atoms with van der Waals surface area (Å²) in [4.78, 5) is 21.1. The summed E-state index contributed by atoms with van der Waals surface area (Å²) in [5.41, 5.74) is 0. The van der Waals surface area contributed by atoms with Crippen LogP contribution in [0.4, 0.5) is 0 Å². The lowest BCUT2D eigenvalue weighted by Crippen LogP contribution is -2.50. The SMILES string of the molecule is CN=C(NCCC(=O)N1CCCC(C)C1)NCC1CN(CC(C)C)CCO1. The van der Waals surface area contributed by atoms with Gasteiger partial charge in [0.05, 0.1) is 12.7 Å². The molecule has 1 amide bonds. The van der Waals surface area contributed by atoms with Gasteiger partial charge in [-0.15, -0.1) is 0 Å². The van der Waals surface area contributed by atoms with Crippen molar-refractivity contribution in [2.45, 2.75) is 46.1 Å². The number of likely N-dealkylation sites (tertiary alicyclic amines) is 1. The van der Waals surface area contributed by atoms with Crippen LogP contribution in [-0.4, -0.2) is 87.2 Å². The van der Waals surface area contributed by atoms with Crippen molar-refractivity contribution in [1.82, 2.24) is 20.4 Å². The van der Waals surface area contributed by atoms with Gasteiger partial charge in [0, 0.05) is 59.3 Å². The van der Waals surface area contributed by atoms with Gasteiger partial charge in [-0.05, 0) is 24.7 Å². The molecule has 2 atom stereocenters. The number of nitrogens with one attached hydrogen (secondary N) is 2. The van der Waals surface area contributed by atoms with Crippen LogP contribution >= 0.6 is 0 Å². The molecule has 0 aromatic carbocycles. The predicted molar refractivity (Wildman–Crippen MR) is 110 cm³/mol. The fraction of sp³-hybridized carbons (Fsp3) is 0.900. The lowest BCUT2D eigenvalue weighted by molar-refractivity contribution is -0.132. The number of amides is 1. The normalized spacial score (nSPS) is 24.9. The third kappa shape index (κ3) is 8.05. The second-order valence-electron chi connectivity index (χ2n) is 8.36. The molecule has 156 valence electrons. The van der Waals surface area contributed by atoms with E-state index in [9.17, 15) is 4.79 Å². The van der Waals surface area contributed by atoms with Crippen molar-refractivity contribution in [1.29, 1.82) is 0 Å². The maximum Gasteiger partial charge on any atom is 0.224 e. The summed E-state index contributed by atoms with van der Waals surface area (Å²) >= 11 is 0. The van der Waals surface area contributed by atoms with Crippen molar-refractivity contribution in [3.05, 3.63) is 0 Å². The van der Waals surface area contributed by atoms with Gasteiger partial charge in [-0.3, -0.25) is 14.7 Å². The Morgan fingerprint density at radius 1 is 1.26 bits per heavy atom. The molecule has 2 aliphatic rings. The lowest BCUT2D eigenvalue weighted by atomic mass is 10.00. The molecular weight excluding hydrogens is 342 g/mol. The van der Waals surface area contributed by atoms with Gasteiger partial charge in [-0.2, -0.15) is 0 Å². The van der Waals surface area contributed by atoms with E-state index in [0.717, 1.165) is 58.3 Å². The largest absolute Gasteiger partial charge is 0.374 e. The summed E-state index contributed by atoms with van der Waals surface area (Å²) in [7, 11) is 1.76. The molecule has 0 bridgehead atoms. The van der Waals surface area contributed by atoms with E-state index < -0.39 is 0 Å². The van der Waals surface area contributed by atoms with Crippen LogP contribution in [0, 0.1) is 11.8 Å². The van der Waals surface area contributed by atoms with Crippen molar-refractivity contribution < 1.29 is 9.53 Å². The number of rotatable bonds is 7. The lowest BCUT2D eigenvalue weighted by Gasteiger charge is -2.34. The second kappa shape index (κ2) is 11.5. The molecule has 0 saturated carbocycles. The Bertz CT molecular complexity index is 483. The molecule has 0 aromatic heterocycles. The quantitative estimate of drug-likeness (QED) is 0.512. The molecule has 2 fully saturated rings. The Balaban J connectivity index is 1.64. The number of guanidine groups is 1. The molecule has 7 heteroatoms. The first kappa shape index (κ1) is 22.0. The van der Waals surface area contributed by atoms with Crippen molar-refractivity contribution >= 4 is 11.9 Å². The van der Waals surface area contributed by atoms with E-state index >= 15 is 0 Å². The summed E-state index contributed by atoms with van der Waals surface area (Å²) in [5, 5.41) is 6.59. The Morgan fingerprint density at radius 2 is 2.07 bits per heavy atom. The number of morpholine rings is 1. The van der Waals surface area contributed by atoms with E-state index in [4.69, 9.17) is 4.74 Å². The highest BCUT2D eigenvalue weighted by Crippen LogP contribution is 2.15. The van der Waals surface area contributed by atoms with Crippen LogP contribution in [0.5, 0.6) is 0 Å². The fourth-order valence-electron chi connectivity index (χ4n) is 3.88. The molecule has 2 aliphatic heterocycles. The number of hydrogen-bond donors (Lipinski definition) is 2. The van der Waals surface area contributed by atoms with Crippen molar-refractivity contribution in [3.8, 4) is 0 Å². The van der Waals surface area contributed by atoms with Crippen LogP contribution in [0.15, 0.2) is 4.99 Å². The Hall–Kier alpha value is -1.34. The monoisotopic (exact) mass is 381 g/mol. The number of piperidine rings is 1. The third-order valence-electron chi connectivity index (χ3n) is 5.21. The minimum Gasteiger partial charge on any atom is -0.374 e. The maximum atomic E-state index is 12.3. The van der Waals surface area contributed by atoms with Crippen LogP contribution in [0.3, 0.4) is 0 Å². The molecular formula is C20H39N5O2. The van der Waals surface area contributed by atoms with Gasteiger partial charge in [-0.25, -0.2) is 0 Å². The molecule has 0 aromatic rings. The first-order chi connectivity index (χ1) is 13.0. The van der Waals surface area contributed by atoms with Gasteiger partial charge in [0.25, 0.3) is 0 Å². The highest BCUT2D eigenvalue weighted by atomic mass is 16.5. The van der Waals surface area contributed by atoms with Gasteiger partial charge in [0.2, 0.25) is 5.91 Å². The van der Waals surface area contributed by atoms with Crippen molar-refractivity contribution in [3.63, 3.8) is 0 Å². The van der Waals surface area contributed by atoms with Crippen molar-refractivity contribution in [2.75, 3.05) is 59.5 Å².